The standard InChI is InChI=1S/C46H63F2N9O6/c1-32(2)42(33(3)60-24-8-19-53-44(59)63-45(4,5)6)57(50-7)43(58)54-36-10-12-37(13-11-36)55-20-22-56(23-21-55)38-14-16-39(17-15-38)61-27-34-26-46(62-28-34,29-51-31-52-30-49)40-18-9-35(47)25-41(40)48/h9-18,25,30-34,42H,7-8,19-24,26-29H2,1-6H3,(H,53,59)(H,54,58)(H2,49,51,52). The number of piperazine rings is 1. The number of rotatable bonds is 19. The average molecular weight is 876 g/mol. The predicted octanol–water partition coefficient (Wildman–Crippen LogP) is 7.41. The zero-order valence-electron chi connectivity index (χ0n) is 37.3. The number of hydrogen-bond donors (Lipinski definition) is 3. The summed E-state index contributed by atoms with van der Waals surface area (Å²) in [6.45, 7) is 19.8. The predicted molar refractivity (Wildman–Crippen MR) is 244 cm³/mol. The summed E-state index contributed by atoms with van der Waals surface area (Å²) in [7, 11) is 0. The minimum atomic E-state index is -1.08. The van der Waals surface area contributed by atoms with Crippen LogP contribution in [0.5, 0.6) is 5.75 Å². The monoisotopic (exact) mass is 875 g/mol. The van der Waals surface area contributed by atoms with Crippen LogP contribution in [0.3, 0.4) is 0 Å². The van der Waals surface area contributed by atoms with E-state index in [2.05, 4.69) is 42.2 Å². The van der Waals surface area contributed by atoms with E-state index in [9.17, 15) is 18.4 Å². The third-order valence-electron chi connectivity index (χ3n) is 10.8. The molecule has 2 heterocycles. The Kier molecular flexibility index (Phi) is 17.2. The number of halogens is 2. The second-order valence-electron chi connectivity index (χ2n) is 17.1. The maximum Gasteiger partial charge on any atom is 0.407 e. The number of amides is 3. The molecule has 0 spiro atoms. The minimum Gasteiger partial charge on any atom is -0.493 e. The quantitative estimate of drug-likeness (QED) is 0.0481. The fraction of sp³-hybridized carbons (Fsp3) is 0.500. The summed E-state index contributed by atoms with van der Waals surface area (Å²) in [5.41, 5.74) is 6.67. The fourth-order valence-electron chi connectivity index (χ4n) is 7.87. The van der Waals surface area contributed by atoms with E-state index >= 15 is 0 Å². The van der Waals surface area contributed by atoms with Gasteiger partial charge in [0.2, 0.25) is 0 Å². The topological polar surface area (TPSA) is 168 Å². The summed E-state index contributed by atoms with van der Waals surface area (Å²) in [6, 6.07) is 18.4. The highest BCUT2D eigenvalue weighted by Gasteiger charge is 2.44. The third-order valence-corrected chi connectivity index (χ3v) is 10.8. The molecule has 2 aliphatic rings. The van der Waals surface area contributed by atoms with Crippen molar-refractivity contribution in [2.75, 3.05) is 74.2 Å². The number of carbonyl (C=O) groups is 2. The van der Waals surface area contributed by atoms with Gasteiger partial charge in [-0.2, -0.15) is 5.10 Å². The first kappa shape index (κ1) is 48.2. The highest BCUT2D eigenvalue weighted by Crippen LogP contribution is 2.41. The first-order valence-electron chi connectivity index (χ1n) is 21.4. The third kappa shape index (κ3) is 13.8. The molecule has 15 nitrogen and oxygen atoms in total. The lowest BCUT2D eigenvalue weighted by molar-refractivity contribution is -0.00657. The summed E-state index contributed by atoms with van der Waals surface area (Å²) >= 11 is 0. The van der Waals surface area contributed by atoms with E-state index in [1.54, 1.807) is 0 Å². The van der Waals surface area contributed by atoms with E-state index in [1.807, 2.05) is 90.1 Å². The van der Waals surface area contributed by atoms with Crippen LogP contribution in [0.25, 0.3) is 0 Å². The molecule has 0 saturated carbocycles. The van der Waals surface area contributed by atoms with E-state index in [4.69, 9.17) is 24.7 Å². The molecular weight excluding hydrogens is 813 g/mol. The number of carbonyl (C=O) groups excluding carboxylic acids is 2. The second-order valence-corrected chi connectivity index (χ2v) is 17.1. The number of alkyl carbamates (subject to hydrolysis) is 1. The molecule has 0 aromatic heterocycles. The Bertz CT molecular complexity index is 2010. The highest BCUT2D eigenvalue weighted by molar-refractivity contribution is 5.89. The van der Waals surface area contributed by atoms with Gasteiger partial charge in [0.25, 0.3) is 0 Å². The van der Waals surface area contributed by atoms with Crippen LogP contribution in [0.15, 0.2) is 81.8 Å². The molecule has 5 rings (SSSR count). The van der Waals surface area contributed by atoms with Crippen molar-refractivity contribution in [3.8, 4) is 5.75 Å². The van der Waals surface area contributed by atoms with Crippen LogP contribution in [0.1, 0.15) is 59.9 Å². The van der Waals surface area contributed by atoms with Gasteiger partial charge in [0.15, 0.2) is 0 Å². The Morgan fingerprint density at radius 1 is 1.02 bits per heavy atom. The van der Waals surface area contributed by atoms with Crippen molar-refractivity contribution in [3.63, 3.8) is 0 Å². The van der Waals surface area contributed by atoms with Crippen LogP contribution in [0.2, 0.25) is 0 Å². The molecule has 2 aliphatic heterocycles. The normalized spacial score (nSPS) is 19.0. The van der Waals surface area contributed by atoms with E-state index in [0.29, 0.717) is 50.6 Å². The number of ether oxygens (including phenoxy) is 4. The van der Waals surface area contributed by atoms with E-state index in [1.165, 1.54) is 23.5 Å². The van der Waals surface area contributed by atoms with Crippen molar-refractivity contribution < 1.29 is 37.3 Å². The van der Waals surface area contributed by atoms with Crippen molar-refractivity contribution in [3.05, 3.63) is 83.9 Å². The smallest absolute Gasteiger partial charge is 0.407 e. The lowest BCUT2D eigenvalue weighted by Gasteiger charge is -2.37. The Hall–Kier alpha value is -5.81. The first-order valence-corrected chi connectivity index (χ1v) is 21.4. The van der Waals surface area contributed by atoms with Crippen LogP contribution >= 0.6 is 0 Å². The summed E-state index contributed by atoms with van der Waals surface area (Å²) in [6.07, 6.45) is 2.58. The van der Waals surface area contributed by atoms with Crippen LogP contribution in [0, 0.1) is 23.5 Å². The van der Waals surface area contributed by atoms with Gasteiger partial charge in [0.05, 0.1) is 38.2 Å². The lowest BCUT2D eigenvalue weighted by atomic mass is 9.87. The first-order chi connectivity index (χ1) is 30.1. The van der Waals surface area contributed by atoms with E-state index in [-0.39, 0.29) is 36.1 Å². The fourth-order valence-corrected chi connectivity index (χ4v) is 7.87. The zero-order valence-corrected chi connectivity index (χ0v) is 37.3. The number of nitrogens with two attached hydrogens (primary N) is 1. The maximum absolute atomic E-state index is 14.9. The maximum atomic E-state index is 14.9. The molecule has 2 fully saturated rings. The van der Waals surface area contributed by atoms with E-state index < -0.39 is 35.0 Å². The van der Waals surface area contributed by atoms with Gasteiger partial charge in [-0.1, -0.05) is 19.9 Å². The molecule has 0 aliphatic carbocycles. The number of hydrogen-bond acceptors (Lipinski definition) is 10. The average Bonchev–Trinajstić information content (AvgIpc) is 3.66. The Balaban J connectivity index is 1.07. The van der Waals surface area contributed by atoms with Gasteiger partial charge in [-0.05, 0) is 101 Å². The largest absolute Gasteiger partial charge is 0.493 e. The molecule has 2 saturated heterocycles. The Morgan fingerprint density at radius 2 is 1.67 bits per heavy atom. The molecule has 4 N–H and O–H groups in total. The molecule has 0 radical (unpaired) electrons. The van der Waals surface area contributed by atoms with Gasteiger partial charge >= 0.3 is 12.1 Å². The molecule has 63 heavy (non-hydrogen) atoms. The van der Waals surface area contributed by atoms with Crippen LogP contribution in [-0.2, 0) is 19.8 Å². The van der Waals surface area contributed by atoms with Crippen molar-refractivity contribution in [1.29, 1.82) is 0 Å². The highest BCUT2D eigenvalue weighted by atomic mass is 19.1. The van der Waals surface area contributed by atoms with Crippen LogP contribution < -0.4 is 30.9 Å². The summed E-state index contributed by atoms with van der Waals surface area (Å²) < 4.78 is 52.3. The number of nitrogens with one attached hydrogen (secondary N) is 2. The minimum absolute atomic E-state index is 0.0161. The number of benzene rings is 3. The molecule has 342 valence electrons. The van der Waals surface area contributed by atoms with E-state index in [0.717, 1.165) is 50.0 Å². The summed E-state index contributed by atoms with van der Waals surface area (Å²) in [5.74, 6) is -0.673. The number of anilines is 3. The Labute approximate surface area is 369 Å². The molecule has 3 amide bonds. The van der Waals surface area contributed by atoms with Crippen LogP contribution in [0.4, 0.5) is 35.4 Å². The van der Waals surface area contributed by atoms with Gasteiger partial charge < -0.3 is 45.1 Å². The van der Waals surface area contributed by atoms with Crippen LogP contribution in [-0.4, -0.2) is 113 Å². The summed E-state index contributed by atoms with van der Waals surface area (Å²) in [4.78, 5) is 38.1. The van der Waals surface area contributed by atoms with Crippen molar-refractivity contribution in [1.82, 2.24) is 10.3 Å². The lowest BCUT2D eigenvalue weighted by Crippen LogP contribution is -2.48. The molecule has 0 bridgehead atoms. The molecule has 3 aromatic rings. The molecular formula is C46H63F2N9O6. The molecule has 17 heteroatoms. The number of hydrazone groups is 1. The van der Waals surface area contributed by atoms with Crippen molar-refractivity contribution in [2.45, 2.75) is 77.7 Å². The number of nitrogens with zero attached hydrogens (tertiary/aromatic N) is 6. The zero-order chi connectivity index (χ0) is 45.6. The van der Waals surface area contributed by atoms with Gasteiger partial charge in [-0.3, -0.25) is 4.99 Å². The van der Waals surface area contributed by atoms with Gasteiger partial charge in [0, 0.05) is 80.7 Å². The molecule has 3 aromatic carbocycles. The molecule has 4 unspecified atom stereocenters. The SMILES string of the molecule is C=NN(C(=O)Nc1ccc(N2CCN(c3ccc(OCC4COC(CN=CN=CN)(c5ccc(F)cc5F)C4)cc3)CC2)cc1)C(C(C)C)C(C)OCCCNC(=O)OC(C)(C)C. The van der Waals surface area contributed by atoms with Crippen molar-refractivity contribution in [2.24, 2.45) is 32.7 Å². The van der Waals surface area contributed by atoms with Gasteiger partial charge in [-0.15, -0.1) is 0 Å². The second kappa shape index (κ2) is 22.5. The van der Waals surface area contributed by atoms with Gasteiger partial charge in [-0.25, -0.2) is 28.4 Å². The Morgan fingerprint density at radius 3 is 2.25 bits per heavy atom. The van der Waals surface area contributed by atoms with Crippen molar-refractivity contribution >= 4 is 48.6 Å². The number of aliphatic imine (C=N–C) groups is 2. The summed E-state index contributed by atoms with van der Waals surface area (Å²) in [5, 5.41) is 11.1. The number of urea groups is 1. The molecule has 4 atom stereocenters. The van der Waals surface area contributed by atoms with Gasteiger partial charge in [0.1, 0.15) is 34.9 Å².